The maximum atomic E-state index is 4.83. The van der Waals surface area contributed by atoms with E-state index >= 15 is 0 Å². The molecule has 1 aliphatic rings. The second-order valence-electron chi connectivity index (χ2n) is 6.93. The van der Waals surface area contributed by atoms with Crippen LogP contribution < -0.4 is 0 Å². The van der Waals surface area contributed by atoms with Gasteiger partial charge in [-0.1, -0.05) is 37.3 Å². The third kappa shape index (κ3) is 4.25. The van der Waals surface area contributed by atoms with Crippen molar-refractivity contribution in [2.45, 2.75) is 37.3 Å². The van der Waals surface area contributed by atoms with Crippen molar-refractivity contribution in [2.24, 2.45) is 0 Å². The SMILES string of the molecule is CCN1CCCC(c2c(-c3ccccc3)ncn2CCSc2cn[nH]n2)C1. The van der Waals surface area contributed by atoms with Crippen molar-refractivity contribution in [3.05, 3.63) is 48.5 Å². The maximum absolute atomic E-state index is 4.83. The van der Waals surface area contributed by atoms with E-state index in [9.17, 15) is 0 Å². The Morgan fingerprint density at radius 1 is 1.26 bits per heavy atom. The van der Waals surface area contributed by atoms with E-state index < -0.39 is 0 Å². The molecule has 1 fully saturated rings. The van der Waals surface area contributed by atoms with Crippen molar-refractivity contribution >= 4 is 11.8 Å². The van der Waals surface area contributed by atoms with E-state index in [1.807, 2.05) is 6.33 Å². The fourth-order valence-electron chi connectivity index (χ4n) is 3.89. The summed E-state index contributed by atoms with van der Waals surface area (Å²) in [4.78, 5) is 7.39. The average Bonchev–Trinajstić information content (AvgIpc) is 3.39. The highest BCUT2D eigenvalue weighted by molar-refractivity contribution is 7.99. The molecule has 0 saturated carbocycles. The van der Waals surface area contributed by atoms with Gasteiger partial charge in [0.25, 0.3) is 0 Å². The van der Waals surface area contributed by atoms with Crippen molar-refractivity contribution < 1.29 is 0 Å². The van der Waals surface area contributed by atoms with Crippen molar-refractivity contribution in [1.82, 2.24) is 29.9 Å². The first-order valence-electron chi connectivity index (χ1n) is 9.66. The van der Waals surface area contributed by atoms with Crippen LogP contribution in [0.2, 0.25) is 0 Å². The van der Waals surface area contributed by atoms with E-state index in [1.165, 1.54) is 30.6 Å². The summed E-state index contributed by atoms with van der Waals surface area (Å²) in [5, 5.41) is 11.6. The molecule has 1 aliphatic heterocycles. The summed E-state index contributed by atoms with van der Waals surface area (Å²) in [5.74, 6) is 1.49. The minimum absolute atomic E-state index is 0.536. The highest BCUT2D eigenvalue weighted by atomic mass is 32.2. The van der Waals surface area contributed by atoms with Gasteiger partial charge in [0.1, 0.15) is 5.03 Å². The summed E-state index contributed by atoms with van der Waals surface area (Å²) in [6, 6.07) is 10.6. The van der Waals surface area contributed by atoms with Crippen LogP contribution in [0.4, 0.5) is 0 Å². The lowest BCUT2D eigenvalue weighted by atomic mass is 9.91. The van der Waals surface area contributed by atoms with Gasteiger partial charge in [0.15, 0.2) is 0 Å². The first-order valence-corrected chi connectivity index (χ1v) is 10.6. The van der Waals surface area contributed by atoms with Crippen LogP contribution in [-0.4, -0.2) is 55.2 Å². The van der Waals surface area contributed by atoms with E-state index in [-0.39, 0.29) is 0 Å². The quantitative estimate of drug-likeness (QED) is 0.632. The van der Waals surface area contributed by atoms with Crippen molar-refractivity contribution in [3.8, 4) is 11.3 Å². The Bertz CT molecular complexity index is 830. The van der Waals surface area contributed by atoms with Gasteiger partial charge in [0.2, 0.25) is 0 Å². The number of nitrogens with one attached hydrogen (secondary N) is 1. The number of H-pyrrole nitrogens is 1. The molecule has 4 rings (SSSR count). The lowest BCUT2D eigenvalue weighted by molar-refractivity contribution is 0.214. The number of likely N-dealkylation sites (tertiary alicyclic amines) is 1. The van der Waals surface area contributed by atoms with Crippen LogP contribution in [-0.2, 0) is 6.54 Å². The van der Waals surface area contributed by atoms with E-state index in [2.05, 4.69) is 62.1 Å². The third-order valence-electron chi connectivity index (χ3n) is 5.24. The van der Waals surface area contributed by atoms with Crippen LogP contribution in [0, 0.1) is 0 Å². The molecule has 2 aromatic heterocycles. The molecule has 1 aromatic carbocycles. The Morgan fingerprint density at radius 3 is 2.93 bits per heavy atom. The molecular formula is C20H26N6S. The molecule has 27 heavy (non-hydrogen) atoms. The van der Waals surface area contributed by atoms with Crippen molar-refractivity contribution in [1.29, 1.82) is 0 Å². The Labute approximate surface area is 164 Å². The summed E-state index contributed by atoms with van der Waals surface area (Å²) in [7, 11) is 0. The molecule has 142 valence electrons. The lowest BCUT2D eigenvalue weighted by Gasteiger charge is -2.32. The zero-order chi connectivity index (χ0) is 18.5. The Balaban J connectivity index is 1.59. The Hall–Kier alpha value is -2.12. The summed E-state index contributed by atoms with van der Waals surface area (Å²) >= 11 is 1.72. The minimum atomic E-state index is 0.536. The number of aromatic nitrogens is 5. The standard InChI is InChI=1S/C20H26N6S/c1-2-25-10-6-9-17(14-25)20-19(16-7-4-3-5-8-16)21-15-26(20)11-12-27-18-13-22-24-23-18/h3-5,7-8,13,15,17H,2,6,9-12,14H2,1H3,(H,22,23,24). The number of hydrogen-bond donors (Lipinski definition) is 1. The van der Waals surface area contributed by atoms with Gasteiger partial charge in [-0.3, -0.25) is 0 Å². The van der Waals surface area contributed by atoms with Crippen LogP contribution in [0.3, 0.4) is 0 Å². The number of aryl methyl sites for hydroxylation is 1. The number of thioether (sulfide) groups is 1. The van der Waals surface area contributed by atoms with Gasteiger partial charge >= 0.3 is 0 Å². The largest absolute Gasteiger partial charge is 0.333 e. The van der Waals surface area contributed by atoms with Gasteiger partial charge < -0.3 is 9.47 Å². The number of hydrogen-bond acceptors (Lipinski definition) is 5. The predicted octanol–water partition coefficient (Wildman–Crippen LogP) is 3.66. The van der Waals surface area contributed by atoms with E-state index in [0.29, 0.717) is 5.92 Å². The first kappa shape index (κ1) is 18.3. The van der Waals surface area contributed by atoms with Crippen LogP contribution in [0.1, 0.15) is 31.4 Å². The van der Waals surface area contributed by atoms with E-state index in [1.54, 1.807) is 18.0 Å². The Kier molecular flexibility index (Phi) is 5.89. The molecular weight excluding hydrogens is 356 g/mol. The molecule has 3 heterocycles. The van der Waals surface area contributed by atoms with Gasteiger partial charge in [-0.2, -0.15) is 10.3 Å². The lowest BCUT2D eigenvalue weighted by Crippen LogP contribution is -2.35. The molecule has 0 radical (unpaired) electrons. The second kappa shape index (κ2) is 8.71. The van der Waals surface area contributed by atoms with Crippen LogP contribution in [0.25, 0.3) is 11.3 Å². The van der Waals surface area contributed by atoms with Gasteiger partial charge in [0.05, 0.1) is 18.2 Å². The molecule has 1 N–H and O–H groups in total. The smallest absolute Gasteiger partial charge is 0.138 e. The number of imidazole rings is 1. The zero-order valence-corrected chi connectivity index (χ0v) is 16.5. The second-order valence-corrected chi connectivity index (χ2v) is 8.04. The number of nitrogens with zero attached hydrogens (tertiary/aromatic N) is 5. The number of likely N-dealkylation sites (N-methyl/N-ethyl adjacent to an activating group) is 1. The fraction of sp³-hybridized carbons (Fsp3) is 0.450. The summed E-state index contributed by atoms with van der Waals surface area (Å²) in [6.07, 6.45) is 6.28. The number of aromatic amines is 1. The Morgan fingerprint density at radius 2 is 2.15 bits per heavy atom. The predicted molar refractivity (Wildman–Crippen MR) is 109 cm³/mol. The molecule has 1 atom stereocenters. The fourth-order valence-corrected chi connectivity index (χ4v) is 4.62. The van der Waals surface area contributed by atoms with Crippen LogP contribution in [0.5, 0.6) is 0 Å². The molecule has 7 heteroatoms. The minimum Gasteiger partial charge on any atom is -0.333 e. The zero-order valence-electron chi connectivity index (χ0n) is 15.7. The van der Waals surface area contributed by atoms with Gasteiger partial charge in [0, 0.05) is 36.0 Å². The average molecular weight is 383 g/mol. The summed E-state index contributed by atoms with van der Waals surface area (Å²) in [5.41, 5.74) is 3.74. The van der Waals surface area contributed by atoms with Crippen molar-refractivity contribution in [2.75, 3.05) is 25.4 Å². The molecule has 1 unspecified atom stereocenters. The maximum Gasteiger partial charge on any atom is 0.138 e. The van der Waals surface area contributed by atoms with Gasteiger partial charge in [-0.15, -0.1) is 16.9 Å². The van der Waals surface area contributed by atoms with Crippen molar-refractivity contribution in [3.63, 3.8) is 0 Å². The monoisotopic (exact) mass is 382 g/mol. The first-order chi connectivity index (χ1) is 13.3. The highest BCUT2D eigenvalue weighted by Crippen LogP contribution is 2.34. The van der Waals surface area contributed by atoms with E-state index in [4.69, 9.17) is 4.98 Å². The third-order valence-corrected chi connectivity index (χ3v) is 6.12. The van der Waals surface area contributed by atoms with Crippen LogP contribution >= 0.6 is 11.8 Å². The normalized spacial score (nSPS) is 18.0. The molecule has 0 amide bonds. The number of benzene rings is 1. The van der Waals surface area contributed by atoms with E-state index in [0.717, 1.165) is 36.1 Å². The van der Waals surface area contributed by atoms with Gasteiger partial charge in [-0.05, 0) is 25.9 Å². The molecule has 0 aliphatic carbocycles. The highest BCUT2D eigenvalue weighted by Gasteiger charge is 2.26. The molecule has 3 aromatic rings. The number of piperidine rings is 1. The number of rotatable bonds is 7. The van der Waals surface area contributed by atoms with Crippen LogP contribution in [0.15, 0.2) is 47.9 Å². The molecule has 0 spiro atoms. The molecule has 0 bridgehead atoms. The summed E-state index contributed by atoms with van der Waals surface area (Å²) in [6.45, 7) is 6.64. The molecule has 1 saturated heterocycles. The van der Waals surface area contributed by atoms with Gasteiger partial charge in [-0.25, -0.2) is 4.98 Å². The molecule has 6 nitrogen and oxygen atoms in total. The summed E-state index contributed by atoms with van der Waals surface area (Å²) < 4.78 is 2.36. The topological polar surface area (TPSA) is 62.6 Å².